The van der Waals surface area contributed by atoms with E-state index in [0.29, 0.717) is 28.9 Å². The third kappa shape index (κ3) is 2.32. The summed E-state index contributed by atoms with van der Waals surface area (Å²) in [6.07, 6.45) is 6.79. The first-order chi connectivity index (χ1) is 10.6. The number of halogens is 1. The van der Waals surface area contributed by atoms with Gasteiger partial charge >= 0.3 is 0 Å². The lowest BCUT2D eigenvalue weighted by atomic mass is 9.96. The van der Waals surface area contributed by atoms with Crippen LogP contribution in [-0.2, 0) is 0 Å². The number of fused-ring (bicyclic) bond motifs is 3. The van der Waals surface area contributed by atoms with Crippen LogP contribution < -0.4 is 4.90 Å². The Morgan fingerprint density at radius 1 is 1.14 bits per heavy atom. The molecule has 2 aliphatic heterocycles. The van der Waals surface area contributed by atoms with E-state index >= 15 is 0 Å². The van der Waals surface area contributed by atoms with Crippen LogP contribution in [0.4, 0.5) is 5.82 Å². The molecule has 4 heterocycles. The molecule has 0 radical (unpaired) electrons. The van der Waals surface area contributed by atoms with Crippen molar-refractivity contribution in [2.45, 2.75) is 43.8 Å². The van der Waals surface area contributed by atoms with Crippen LogP contribution in [0.2, 0.25) is 5.15 Å². The minimum absolute atomic E-state index is 0.460. The number of anilines is 1. The summed E-state index contributed by atoms with van der Waals surface area (Å²) in [6.45, 7) is 0. The molecule has 1 unspecified atom stereocenters. The highest BCUT2D eigenvalue weighted by Crippen LogP contribution is 2.39. The molecule has 0 spiro atoms. The topological polar surface area (TPSA) is 45.2 Å². The molecule has 2 bridgehead atoms. The summed E-state index contributed by atoms with van der Waals surface area (Å²) in [6, 6.07) is 5.52. The summed E-state index contributed by atoms with van der Waals surface area (Å²) in [7, 11) is 4.37. The highest BCUT2D eigenvalue weighted by atomic mass is 35.5. The molecule has 22 heavy (non-hydrogen) atoms. The van der Waals surface area contributed by atoms with E-state index in [1.807, 2.05) is 12.3 Å². The van der Waals surface area contributed by atoms with Gasteiger partial charge in [0.1, 0.15) is 16.5 Å². The molecule has 0 N–H and O–H groups in total. The Morgan fingerprint density at radius 3 is 2.55 bits per heavy atom. The molecular formula is C16H20ClN5. The summed E-state index contributed by atoms with van der Waals surface area (Å²) in [5.41, 5.74) is 1.43. The third-order valence-electron chi connectivity index (χ3n) is 5.06. The van der Waals surface area contributed by atoms with Crippen LogP contribution in [-0.4, -0.2) is 52.1 Å². The van der Waals surface area contributed by atoms with Crippen LogP contribution in [0, 0.1) is 0 Å². The number of piperidine rings is 1. The summed E-state index contributed by atoms with van der Waals surface area (Å²) >= 11 is 5.92. The van der Waals surface area contributed by atoms with Crippen molar-refractivity contribution in [3.05, 3.63) is 23.5 Å². The maximum Gasteiger partial charge on any atom is 0.179 e. The SMILES string of the molecule is CN(C)C1C[C@H]2CC[C@@H](C1)N2c1cnc2nc(Cl)ccc2n1. The van der Waals surface area contributed by atoms with E-state index in [0.717, 1.165) is 11.3 Å². The van der Waals surface area contributed by atoms with Crippen molar-refractivity contribution in [1.82, 2.24) is 19.9 Å². The van der Waals surface area contributed by atoms with Gasteiger partial charge in [-0.05, 0) is 51.9 Å². The van der Waals surface area contributed by atoms with Gasteiger partial charge in [0.2, 0.25) is 0 Å². The fourth-order valence-electron chi connectivity index (χ4n) is 3.94. The summed E-state index contributed by atoms with van der Waals surface area (Å²) < 4.78 is 0. The zero-order valence-corrected chi connectivity index (χ0v) is 13.7. The van der Waals surface area contributed by atoms with Crippen molar-refractivity contribution in [2.75, 3.05) is 19.0 Å². The molecule has 2 aromatic rings. The van der Waals surface area contributed by atoms with Crippen LogP contribution in [0.3, 0.4) is 0 Å². The molecule has 5 nitrogen and oxygen atoms in total. The lowest BCUT2D eigenvalue weighted by molar-refractivity contribution is 0.221. The zero-order valence-electron chi connectivity index (χ0n) is 12.9. The van der Waals surface area contributed by atoms with Crippen molar-refractivity contribution in [3.8, 4) is 0 Å². The van der Waals surface area contributed by atoms with Crippen LogP contribution in [0.25, 0.3) is 11.2 Å². The fraction of sp³-hybridized carbons (Fsp3) is 0.562. The van der Waals surface area contributed by atoms with Gasteiger partial charge in [-0.1, -0.05) is 11.6 Å². The summed E-state index contributed by atoms with van der Waals surface area (Å²) in [5, 5.41) is 0.460. The molecule has 116 valence electrons. The second-order valence-electron chi connectivity index (χ2n) is 6.59. The average Bonchev–Trinajstić information content (AvgIpc) is 2.76. The van der Waals surface area contributed by atoms with Crippen molar-refractivity contribution in [3.63, 3.8) is 0 Å². The van der Waals surface area contributed by atoms with Gasteiger partial charge in [0.25, 0.3) is 0 Å². The number of rotatable bonds is 2. The Morgan fingerprint density at radius 2 is 1.86 bits per heavy atom. The number of pyridine rings is 1. The molecule has 0 aliphatic carbocycles. The van der Waals surface area contributed by atoms with Crippen molar-refractivity contribution < 1.29 is 0 Å². The first-order valence-corrected chi connectivity index (χ1v) is 8.23. The Kier molecular flexibility index (Phi) is 3.42. The van der Waals surface area contributed by atoms with E-state index in [1.54, 1.807) is 6.07 Å². The first-order valence-electron chi connectivity index (χ1n) is 7.86. The molecule has 2 saturated heterocycles. The largest absolute Gasteiger partial charge is 0.349 e. The lowest BCUT2D eigenvalue weighted by Gasteiger charge is -2.41. The van der Waals surface area contributed by atoms with Crippen molar-refractivity contribution in [1.29, 1.82) is 0 Å². The van der Waals surface area contributed by atoms with Gasteiger partial charge in [0, 0.05) is 18.1 Å². The van der Waals surface area contributed by atoms with E-state index in [4.69, 9.17) is 16.6 Å². The predicted molar refractivity (Wildman–Crippen MR) is 88.3 cm³/mol. The standard InChI is InChI=1S/C16H20ClN5/c1-21(2)12-7-10-3-4-11(8-12)22(10)15-9-18-16-13(19-15)5-6-14(17)20-16/h5-6,9-12H,3-4,7-8H2,1-2H3/t10-,11+,12?. The van der Waals surface area contributed by atoms with E-state index in [-0.39, 0.29) is 0 Å². The molecular weight excluding hydrogens is 298 g/mol. The number of nitrogens with zero attached hydrogens (tertiary/aromatic N) is 5. The quantitative estimate of drug-likeness (QED) is 0.797. The second-order valence-corrected chi connectivity index (χ2v) is 6.97. The first kappa shape index (κ1) is 14.2. The van der Waals surface area contributed by atoms with Gasteiger partial charge in [-0.15, -0.1) is 0 Å². The Hall–Kier alpha value is -1.46. The monoisotopic (exact) mass is 317 g/mol. The summed E-state index contributed by atoms with van der Waals surface area (Å²) in [4.78, 5) is 18.3. The highest BCUT2D eigenvalue weighted by Gasteiger charge is 2.42. The minimum Gasteiger partial charge on any atom is -0.349 e. The zero-order chi connectivity index (χ0) is 15.3. The number of hydrogen-bond acceptors (Lipinski definition) is 5. The van der Waals surface area contributed by atoms with Gasteiger partial charge in [0.15, 0.2) is 5.65 Å². The second kappa shape index (κ2) is 5.32. The average molecular weight is 318 g/mol. The Labute approximate surface area is 135 Å². The Bertz CT molecular complexity index is 690. The van der Waals surface area contributed by atoms with Gasteiger partial charge in [-0.3, -0.25) is 0 Å². The predicted octanol–water partition coefficient (Wildman–Crippen LogP) is 2.74. The molecule has 2 fully saturated rings. The van der Waals surface area contributed by atoms with Crippen LogP contribution in [0.5, 0.6) is 0 Å². The molecule has 0 aromatic carbocycles. The van der Waals surface area contributed by atoms with Gasteiger partial charge < -0.3 is 9.80 Å². The Balaban J connectivity index is 1.66. The maximum atomic E-state index is 5.92. The van der Waals surface area contributed by atoms with Crippen LogP contribution >= 0.6 is 11.6 Å². The maximum absolute atomic E-state index is 5.92. The molecule has 0 amide bonds. The van der Waals surface area contributed by atoms with Crippen LogP contribution in [0.1, 0.15) is 25.7 Å². The third-order valence-corrected chi connectivity index (χ3v) is 5.27. The number of aromatic nitrogens is 3. The van der Waals surface area contributed by atoms with Gasteiger partial charge in [-0.2, -0.15) is 0 Å². The van der Waals surface area contributed by atoms with Gasteiger partial charge in [0.05, 0.1) is 6.20 Å². The minimum atomic E-state index is 0.460. The fourth-order valence-corrected chi connectivity index (χ4v) is 4.08. The van der Waals surface area contributed by atoms with E-state index in [9.17, 15) is 0 Å². The molecule has 6 heteroatoms. The molecule has 2 aromatic heterocycles. The highest BCUT2D eigenvalue weighted by molar-refractivity contribution is 6.29. The normalized spacial score (nSPS) is 27.8. The van der Waals surface area contributed by atoms with Crippen molar-refractivity contribution in [2.24, 2.45) is 0 Å². The van der Waals surface area contributed by atoms with Crippen LogP contribution in [0.15, 0.2) is 18.3 Å². The number of hydrogen-bond donors (Lipinski definition) is 0. The van der Waals surface area contributed by atoms with Gasteiger partial charge in [-0.25, -0.2) is 15.0 Å². The summed E-state index contributed by atoms with van der Waals surface area (Å²) in [5.74, 6) is 0.987. The smallest absolute Gasteiger partial charge is 0.179 e. The van der Waals surface area contributed by atoms with E-state index < -0.39 is 0 Å². The van der Waals surface area contributed by atoms with E-state index in [2.05, 4.69) is 33.9 Å². The molecule has 4 rings (SSSR count). The van der Waals surface area contributed by atoms with Crippen molar-refractivity contribution >= 4 is 28.6 Å². The molecule has 2 aliphatic rings. The van der Waals surface area contributed by atoms with E-state index in [1.165, 1.54) is 25.7 Å². The lowest BCUT2D eigenvalue weighted by Crippen LogP contribution is -2.49. The molecule has 0 saturated carbocycles. The molecule has 3 atom stereocenters.